The smallest absolute Gasteiger partial charge is 0.262 e. The molecule has 0 bridgehead atoms. The number of carbonyl (C=O) groups is 1. The highest BCUT2D eigenvalue weighted by molar-refractivity contribution is 5.95. The predicted molar refractivity (Wildman–Crippen MR) is 80.0 cm³/mol. The van der Waals surface area contributed by atoms with E-state index in [1.165, 1.54) is 0 Å². The molecular formula is C15H23N3O2. The number of fused-ring (bicyclic) bond motifs is 1. The van der Waals surface area contributed by atoms with Gasteiger partial charge in [0.2, 0.25) is 0 Å². The first-order valence-electron chi connectivity index (χ1n) is 7.03. The molecule has 0 saturated carbocycles. The molecule has 1 amide bonds. The molecule has 1 aromatic carbocycles. The number of anilines is 1. The Morgan fingerprint density at radius 1 is 1.45 bits per heavy atom. The van der Waals surface area contributed by atoms with Gasteiger partial charge in [-0.25, -0.2) is 0 Å². The van der Waals surface area contributed by atoms with Gasteiger partial charge in [0.05, 0.1) is 5.69 Å². The summed E-state index contributed by atoms with van der Waals surface area (Å²) in [6.07, 6.45) is 0. The normalized spacial score (nSPS) is 14.2. The lowest BCUT2D eigenvalue weighted by molar-refractivity contribution is -0.118. The van der Waals surface area contributed by atoms with Crippen LogP contribution in [0.25, 0.3) is 0 Å². The summed E-state index contributed by atoms with van der Waals surface area (Å²) in [7, 11) is 2.12. The van der Waals surface area contributed by atoms with Crippen LogP contribution in [0.3, 0.4) is 0 Å². The summed E-state index contributed by atoms with van der Waals surface area (Å²) < 4.78 is 5.34. The lowest BCUT2D eigenvalue weighted by atomic mass is 10.1. The summed E-state index contributed by atoms with van der Waals surface area (Å²) in [4.78, 5) is 13.6. The molecule has 0 saturated heterocycles. The molecule has 2 rings (SSSR count). The van der Waals surface area contributed by atoms with Crippen molar-refractivity contribution in [1.82, 2.24) is 10.2 Å². The van der Waals surface area contributed by atoms with E-state index < -0.39 is 0 Å². The van der Waals surface area contributed by atoms with Gasteiger partial charge in [-0.1, -0.05) is 6.07 Å². The summed E-state index contributed by atoms with van der Waals surface area (Å²) in [6, 6.07) is 6.46. The number of hydrogen-bond donors (Lipinski definition) is 2. The van der Waals surface area contributed by atoms with E-state index in [9.17, 15) is 4.79 Å². The zero-order chi connectivity index (χ0) is 14.5. The highest BCUT2D eigenvalue weighted by atomic mass is 16.5. The fraction of sp³-hybridized carbons (Fsp3) is 0.533. The maximum Gasteiger partial charge on any atom is 0.262 e. The Labute approximate surface area is 120 Å². The van der Waals surface area contributed by atoms with Crippen LogP contribution in [0.2, 0.25) is 0 Å². The minimum atomic E-state index is -0.0961. The predicted octanol–water partition coefficient (Wildman–Crippen LogP) is 1.45. The van der Waals surface area contributed by atoms with Gasteiger partial charge in [-0.05, 0) is 38.6 Å². The Balaban J connectivity index is 1.82. The number of rotatable bonds is 6. The van der Waals surface area contributed by atoms with Crippen molar-refractivity contribution in [3.8, 4) is 5.75 Å². The molecule has 0 aliphatic carbocycles. The van der Waals surface area contributed by atoms with Crippen molar-refractivity contribution in [1.29, 1.82) is 0 Å². The van der Waals surface area contributed by atoms with E-state index in [1.54, 1.807) is 0 Å². The van der Waals surface area contributed by atoms with Gasteiger partial charge in [0, 0.05) is 25.7 Å². The largest absolute Gasteiger partial charge is 0.482 e. The van der Waals surface area contributed by atoms with Crippen LogP contribution < -0.4 is 15.4 Å². The maximum atomic E-state index is 11.3. The van der Waals surface area contributed by atoms with Crippen molar-refractivity contribution >= 4 is 11.6 Å². The van der Waals surface area contributed by atoms with Gasteiger partial charge in [0.25, 0.3) is 5.91 Å². The number of nitrogens with zero attached hydrogens (tertiary/aromatic N) is 1. The van der Waals surface area contributed by atoms with Crippen LogP contribution in [0, 0.1) is 0 Å². The molecule has 0 radical (unpaired) electrons. The molecule has 1 aliphatic heterocycles. The number of amides is 1. The summed E-state index contributed by atoms with van der Waals surface area (Å²) in [5, 5.41) is 6.23. The molecule has 0 fully saturated rings. The van der Waals surface area contributed by atoms with Crippen molar-refractivity contribution in [2.24, 2.45) is 0 Å². The zero-order valence-electron chi connectivity index (χ0n) is 12.4. The van der Waals surface area contributed by atoms with E-state index in [4.69, 9.17) is 4.74 Å². The zero-order valence-corrected chi connectivity index (χ0v) is 12.4. The second kappa shape index (κ2) is 6.72. The van der Waals surface area contributed by atoms with Crippen LogP contribution >= 0.6 is 0 Å². The summed E-state index contributed by atoms with van der Waals surface area (Å²) in [5.41, 5.74) is 1.90. The van der Waals surface area contributed by atoms with Gasteiger partial charge in [0.1, 0.15) is 5.75 Å². The van der Waals surface area contributed by atoms with E-state index in [1.807, 2.05) is 18.2 Å². The summed E-state index contributed by atoms with van der Waals surface area (Å²) >= 11 is 0. The lowest BCUT2D eigenvalue weighted by Gasteiger charge is -2.21. The van der Waals surface area contributed by atoms with Gasteiger partial charge >= 0.3 is 0 Å². The second-order valence-corrected chi connectivity index (χ2v) is 5.42. The molecule has 1 aromatic rings. The topological polar surface area (TPSA) is 53.6 Å². The van der Waals surface area contributed by atoms with Crippen molar-refractivity contribution in [3.63, 3.8) is 0 Å². The van der Waals surface area contributed by atoms with Crippen LogP contribution in [-0.4, -0.2) is 43.6 Å². The van der Waals surface area contributed by atoms with Crippen molar-refractivity contribution < 1.29 is 9.53 Å². The van der Waals surface area contributed by atoms with Gasteiger partial charge in [-0.3, -0.25) is 4.79 Å². The average molecular weight is 277 g/mol. The Bertz CT molecular complexity index is 474. The first-order valence-corrected chi connectivity index (χ1v) is 7.03. The number of benzene rings is 1. The fourth-order valence-corrected chi connectivity index (χ4v) is 1.99. The Hall–Kier alpha value is -1.59. The van der Waals surface area contributed by atoms with Crippen LogP contribution in [0.1, 0.15) is 19.4 Å². The van der Waals surface area contributed by atoms with Crippen LogP contribution in [-0.2, 0) is 11.3 Å². The van der Waals surface area contributed by atoms with Crippen molar-refractivity contribution in [3.05, 3.63) is 23.8 Å². The Kier molecular flexibility index (Phi) is 4.98. The number of likely N-dealkylation sites (N-methyl/N-ethyl adjacent to an activating group) is 1. The van der Waals surface area contributed by atoms with E-state index >= 15 is 0 Å². The van der Waals surface area contributed by atoms with E-state index in [2.05, 4.69) is 36.4 Å². The molecule has 2 N–H and O–H groups in total. The van der Waals surface area contributed by atoms with Crippen LogP contribution in [0.4, 0.5) is 5.69 Å². The molecule has 5 heteroatoms. The van der Waals surface area contributed by atoms with Gasteiger partial charge in [-0.2, -0.15) is 0 Å². The number of carbonyl (C=O) groups excluding carboxylic acids is 1. The average Bonchev–Trinajstić information content (AvgIpc) is 2.42. The minimum Gasteiger partial charge on any atom is -0.482 e. The van der Waals surface area contributed by atoms with E-state index in [0.29, 0.717) is 6.04 Å². The van der Waals surface area contributed by atoms with Crippen molar-refractivity contribution in [2.75, 3.05) is 32.1 Å². The van der Waals surface area contributed by atoms with Gasteiger partial charge in [-0.15, -0.1) is 0 Å². The third-order valence-corrected chi connectivity index (χ3v) is 3.53. The molecular weight excluding hydrogens is 254 g/mol. The van der Waals surface area contributed by atoms with Crippen LogP contribution in [0.15, 0.2) is 18.2 Å². The number of nitrogens with one attached hydrogen (secondary N) is 2. The standard InChI is InChI=1S/C15H23N3O2/c1-11(2)18(3)7-6-16-9-12-4-5-14-13(8-12)17-15(19)10-20-14/h4-5,8,11,16H,6-7,9-10H2,1-3H3,(H,17,19). The second-order valence-electron chi connectivity index (χ2n) is 5.42. The Morgan fingerprint density at radius 3 is 3.00 bits per heavy atom. The first kappa shape index (κ1) is 14.8. The summed E-state index contributed by atoms with van der Waals surface area (Å²) in [5.74, 6) is 0.647. The molecule has 5 nitrogen and oxygen atoms in total. The van der Waals surface area contributed by atoms with Gasteiger partial charge in [0.15, 0.2) is 6.61 Å². The molecule has 20 heavy (non-hydrogen) atoms. The summed E-state index contributed by atoms with van der Waals surface area (Å²) in [6.45, 7) is 7.22. The fourth-order valence-electron chi connectivity index (χ4n) is 1.99. The van der Waals surface area contributed by atoms with Crippen LogP contribution in [0.5, 0.6) is 5.75 Å². The Morgan fingerprint density at radius 2 is 2.25 bits per heavy atom. The monoisotopic (exact) mass is 277 g/mol. The maximum absolute atomic E-state index is 11.3. The van der Waals surface area contributed by atoms with Crippen molar-refractivity contribution in [2.45, 2.75) is 26.4 Å². The molecule has 1 heterocycles. The third kappa shape index (κ3) is 3.95. The number of ether oxygens (including phenoxy) is 1. The van der Waals surface area contributed by atoms with E-state index in [0.717, 1.165) is 36.6 Å². The molecule has 0 spiro atoms. The first-order chi connectivity index (χ1) is 9.56. The molecule has 0 unspecified atom stereocenters. The van der Waals surface area contributed by atoms with E-state index in [-0.39, 0.29) is 12.5 Å². The molecule has 1 aliphatic rings. The highest BCUT2D eigenvalue weighted by Gasteiger charge is 2.15. The third-order valence-electron chi connectivity index (χ3n) is 3.53. The molecule has 0 atom stereocenters. The molecule has 110 valence electrons. The quantitative estimate of drug-likeness (QED) is 0.773. The SMILES string of the molecule is CC(C)N(C)CCNCc1ccc2c(c1)NC(=O)CO2. The number of hydrogen-bond acceptors (Lipinski definition) is 4. The molecule has 0 aromatic heterocycles. The van der Waals surface area contributed by atoms with Gasteiger partial charge < -0.3 is 20.3 Å². The highest BCUT2D eigenvalue weighted by Crippen LogP contribution is 2.28. The minimum absolute atomic E-state index is 0.0961. The lowest BCUT2D eigenvalue weighted by Crippen LogP contribution is -2.33.